The number of nitrogen functional groups attached to an aromatic ring is 1. The molecule has 0 spiro atoms. The number of aliphatic carboxylic acids is 1. The molecule has 1 unspecified atom stereocenters. The molecular formula is C9H12N2O4. The van der Waals surface area contributed by atoms with E-state index in [4.69, 9.17) is 16.1 Å². The quantitative estimate of drug-likeness (QED) is 0.342. The summed E-state index contributed by atoms with van der Waals surface area (Å²) in [4.78, 5) is 10.5. The molecule has 1 aromatic carbocycles. The minimum Gasteiger partial charge on any atom is -0.479 e. The molecule has 0 aliphatic rings. The van der Waals surface area contributed by atoms with Gasteiger partial charge in [-0.1, -0.05) is 6.07 Å². The van der Waals surface area contributed by atoms with E-state index in [1.165, 1.54) is 12.1 Å². The zero-order valence-corrected chi connectivity index (χ0v) is 7.84. The van der Waals surface area contributed by atoms with E-state index in [-0.39, 0.29) is 12.2 Å². The molecule has 0 saturated heterocycles. The normalized spacial score (nSPS) is 12.2. The number of benzene rings is 1. The number of hydrazine groups is 1. The molecule has 0 radical (unpaired) electrons. The van der Waals surface area contributed by atoms with Gasteiger partial charge < -0.3 is 20.7 Å². The maximum atomic E-state index is 10.5. The van der Waals surface area contributed by atoms with Crippen molar-refractivity contribution < 1.29 is 20.1 Å². The molecule has 0 amide bonds. The number of nitrogens with two attached hydrogens (primary N) is 1. The van der Waals surface area contributed by atoms with Crippen molar-refractivity contribution in [3.63, 3.8) is 0 Å². The zero-order chi connectivity index (χ0) is 11.4. The van der Waals surface area contributed by atoms with E-state index in [0.717, 1.165) is 0 Å². The Balaban J connectivity index is 3.11. The van der Waals surface area contributed by atoms with Crippen molar-refractivity contribution in [3.8, 4) is 0 Å². The highest BCUT2D eigenvalue weighted by molar-refractivity contribution is 5.74. The summed E-state index contributed by atoms with van der Waals surface area (Å²) in [6, 6.07) is 4.36. The Labute approximate surface area is 85.9 Å². The Morgan fingerprint density at radius 1 is 1.47 bits per heavy atom. The summed E-state index contributed by atoms with van der Waals surface area (Å²) in [5.41, 5.74) is 3.39. The Bertz CT molecular complexity index is 345. The lowest BCUT2D eigenvalue weighted by Gasteiger charge is -2.10. The number of carbonyl (C=O) groups is 1. The monoisotopic (exact) mass is 212 g/mol. The van der Waals surface area contributed by atoms with Gasteiger partial charge in [0.2, 0.25) is 0 Å². The Morgan fingerprint density at radius 2 is 2.13 bits per heavy atom. The minimum absolute atomic E-state index is 0.169. The van der Waals surface area contributed by atoms with Crippen LogP contribution in [0.2, 0.25) is 0 Å². The second-order valence-electron chi connectivity index (χ2n) is 3.01. The summed E-state index contributed by atoms with van der Waals surface area (Å²) in [5.74, 6) is 3.80. The summed E-state index contributed by atoms with van der Waals surface area (Å²) >= 11 is 0. The van der Waals surface area contributed by atoms with Gasteiger partial charge in [0, 0.05) is 5.69 Å². The molecule has 0 aliphatic heterocycles. The number of carboxylic acids is 1. The highest BCUT2D eigenvalue weighted by Crippen LogP contribution is 2.20. The van der Waals surface area contributed by atoms with Crippen molar-refractivity contribution in [2.75, 3.05) is 5.43 Å². The van der Waals surface area contributed by atoms with Gasteiger partial charge in [0.25, 0.3) is 0 Å². The molecule has 6 nitrogen and oxygen atoms in total. The van der Waals surface area contributed by atoms with Crippen LogP contribution in [0, 0.1) is 0 Å². The predicted molar refractivity (Wildman–Crippen MR) is 52.8 cm³/mol. The fourth-order valence-electron chi connectivity index (χ4n) is 1.19. The number of rotatable bonds is 4. The van der Waals surface area contributed by atoms with Crippen LogP contribution in [0.15, 0.2) is 18.2 Å². The van der Waals surface area contributed by atoms with E-state index < -0.39 is 12.1 Å². The Hall–Kier alpha value is -1.63. The highest BCUT2D eigenvalue weighted by atomic mass is 16.4. The van der Waals surface area contributed by atoms with Gasteiger partial charge in [-0.05, 0) is 23.3 Å². The molecule has 1 aromatic rings. The lowest BCUT2D eigenvalue weighted by atomic mass is 10.1. The topological polar surface area (TPSA) is 116 Å². The molecule has 0 saturated carbocycles. The van der Waals surface area contributed by atoms with E-state index in [0.29, 0.717) is 11.3 Å². The van der Waals surface area contributed by atoms with Crippen molar-refractivity contribution in [2.45, 2.75) is 12.7 Å². The number of carboxylic acid groups (broad SMARTS) is 1. The van der Waals surface area contributed by atoms with Crippen LogP contribution in [0.1, 0.15) is 17.2 Å². The van der Waals surface area contributed by atoms with Gasteiger partial charge >= 0.3 is 5.97 Å². The third-order valence-electron chi connectivity index (χ3n) is 1.91. The summed E-state index contributed by atoms with van der Waals surface area (Å²) in [6.45, 7) is -0.255. The molecule has 0 bridgehead atoms. The van der Waals surface area contributed by atoms with E-state index in [2.05, 4.69) is 5.43 Å². The van der Waals surface area contributed by atoms with Crippen LogP contribution in [0.3, 0.4) is 0 Å². The van der Waals surface area contributed by atoms with Crippen LogP contribution < -0.4 is 11.3 Å². The largest absolute Gasteiger partial charge is 0.479 e. The van der Waals surface area contributed by atoms with Gasteiger partial charge in [0.15, 0.2) is 6.10 Å². The second kappa shape index (κ2) is 4.74. The maximum absolute atomic E-state index is 10.5. The van der Waals surface area contributed by atoms with Crippen molar-refractivity contribution in [3.05, 3.63) is 29.3 Å². The molecule has 1 rings (SSSR count). The first-order chi connectivity index (χ1) is 7.08. The summed E-state index contributed by atoms with van der Waals surface area (Å²) in [6.07, 6.45) is -1.62. The minimum atomic E-state index is -1.62. The lowest BCUT2D eigenvalue weighted by Crippen LogP contribution is -2.13. The Morgan fingerprint density at radius 3 is 2.60 bits per heavy atom. The average Bonchev–Trinajstić information content (AvgIpc) is 2.27. The summed E-state index contributed by atoms with van der Waals surface area (Å²) < 4.78 is 0. The molecule has 82 valence electrons. The van der Waals surface area contributed by atoms with Gasteiger partial charge in [-0.2, -0.15) is 0 Å². The van der Waals surface area contributed by atoms with E-state index in [1.54, 1.807) is 6.07 Å². The molecule has 15 heavy (non-hydrogen) atoms. The molecule has 0 aromatic heterocycles. The molecule has 6 heteroatoms. The van der Waals surface area contributed by atoms with Crippen LogP contribution in [-0.4, -0.2) is 21.3 Å². The molecule has 0 fully saturated rings. The van der Waals surface area contributed by atoms with Gasteiger partial charge in [0.05, 0.1) is 6.61 Å². The van der Waals surface area contributed by atoms with Crippen molar-refractivity contribution in [1.82, 2.24) is 0 Å². The fourth-order valence-corrected chi connectivity index (χ4v) is 1.19. The highest BCUT2D eigenvalue weighted by Gasteiger charge is 2.16. The summed E-state index contributed by atoms with van der Waals surface area (Å²) in [7, 11) is 0. The van der Waals surface area contributed by atoms with Crippen LogP contribution in [-0.2, 0) is 11.4 Å². The number of aliphatic hydroxyl groups is 2. The predicted octanol–water partition coefficient (Wildman–Crippen LogP) is -0.418. The number of hydrogen-bond donors (Lipinski definition) is 5. The van der Waals surface area contributed by atoms with Crippen molar-refractivity contribution >= 4 is 11.7 Å². The molecular weight excluding hydrogens is 200 g/mol. The van der Waals surface area contributed by atoms with Crippen LogP contribution in [0.25, 0.3) is 0 Å². The van der Waals surface area contributed by atoms with Crippen LogP contribution in [0.4, 0.5) is 5.69 Å². The second-order valence-corrected chi connectivity index (χ2v) is 3.01. The fraction of sp³-hybridized carbons (Fsp3) is 0.222. The SMILES string of the molecule is NNc1cc(CO)cc(C(O)C(=O)O)c1. The van der Waals surface area contributed by atoms with Crippen molar-refractivity contribution in [1.29, 1.82) is 0 Å². The first-order valence-electron chi connectivity index (χ1n) is 4.20. The number of nitrogens with one attached hydrogen (secondary N) is 1. The van der Waals surface area contributed by atoms with Crippen LogP contribution in [0.5, 0.6) is 0 Å². The van der Waals surface area contributed by atoms with E-state index in [1.807, 2.05) is 0 Å². The smallest absolute Gasteiger partial charge is 0.337 e. The average molecular weight is 212 g/mol. The van der Waals surface area contributed by atoms with E-state index in [9.17, 15) is 9.90 Å². The number of anilines is 1. The number of aliphatic hydroxyl groups excluding tert-OH is 2. The molecule has 6 N–H and O–H groups in total. The van der Waals surface area contributed by atoms with Gasteiger partial charge in [0.1, 0.15) is 0 Å². The first kappa shape index (κ1) is 11.4. The van der Waals surface area contributed by atoms with Crippen LogP contribution >= 0.6 is 0 Å². The molecule has 1 atom stereocenters. The standard InChI is InChI=1S/C9H12N2O4/c10-11-7-2-5(4-12)1-6(3-7)8(13)9(14)15/h1-3,8,11-13H,4,10H2,(H,14,15). The van der Waals surface area contributed by atoms with Gasteiger partial charge in [-0.3, -0.25) is 5.84 Å². The number of hydrogen-bond acceptors (Lipinski definition) is 5. The first-order valence-corrected chi connectivity index (χ1v) is 4.20. The zero-order valence-electron chi connectivity index (χ0n) is 7.84. The van der Waals surface area contributed by atoms with Gasteiger partial charge in [-0.15, -0.1) is 0 Å². The van der Waals surface area contributed by atoms with Crippen molar-refractivity contribution in [2.24, 2.45) is 5.84 Å². The third kappa shape index (κ3) is 2.66. The third-order valence-corrected chi connectivity index (χ3v) is 1.91. The van der Waals surface area contributed by atoms with E-state index >= 15 is 0 Å². The Kier molecular flexibility index (Phi) is 3.62. The molecule has 0 heterocycles. The maximum Gasteiger partial charge on any atom is 0.337 e. The molecule has 0 aliphatic carbocycles. The van der Waals surface area contributed by atoms with Gasteiger partial charge in [-0.25, -0.2) is 4.79 Å². The lowest BCUT2D eigenvalue weighted by molar-refractivity contribution is -0.146. The summed E-state index contributed by atoms with van der Waals surface area (Å²) in [5, 5.41) is 26.8.